The summed E-state index contributed by atoms with van der Waals surface area (Å²) in [5.74, 6) is -1.62. The molecule has 2 rings (SSSR count). The summed E-state index contributed by atoms with van der Waals surface area (Å²) in [6.07, 6.45) is 0. The average molecular weight is 404 g/mol. The fraction of sp³-hybridized carbons (Fsp3) is 0.300. The maximum absolute atomic E-state index is 12.8. The number of sulfonamides is 1. The molecule has 0 unspecified atom stereocenters. The molecule has 0 fully saturated rings. The number of benzene rings is 2. The average Bonchev–Trinajstić information content (AvgIpc) is 2.61. The molecule has 1 atom stereocenters. The van der Waals surface area contributed by atoms with Crippen LogP contribution in [0.5, 0.6) is 0 Å². The van der Waals surface area contributed by atoms with Crippen molar-refractivity contribution in [3.63, 3.8) is 0 Å². The summed E-state index contributed by atoms with van der Waals surface area (Å²) in [4.78, 5) is 25.6. The Labute approximate surface area is 165 Å². The van der Waals surface area contributed by atoms with Gasteiger partial charge in [0.2, 0.25) is 0 Å². The number of rotatable bonds is 7. The molecule has 0 aliphatic rings. The topological polar surface area (TPSA) is 104 Å². The van der Waals surface area contributed by atoms with Crippen LogP contribution in [0.3, 0.4) is 0 Å². The fourth-order valence-corrected chi connectivity index (χ4v) is 3.76. The van der Waals surface area contributed by atoms with Crippen molar-refractivity contribution in [1.82, 2.24) is 9.62 Å². The molecule has 8 heteroatoms. The van der Waals surface area contributed by atoms with Crippen LogP contribution < -0.4 is 4.72 Å². The molecule has 0 radical (unpaired) electrons. The Morgan fingerprint density at radius 3 is 2.11 bits per heavy atom. The quantitative estimate of drug-likeness (QED) is 0.738. The van der Waals surface area contributed by atoms with E-state index in [1.165, 1.54) is 12.1 Å². The van der Waals surface area contributed by atoms with Crippen molar-refractivity contribution in [2.24, 2.45) is 5.92 Å². The van der Waals surface area contributed by atoms with Crippen molar-refractivity contribution in [3.8, 4) is 0 Å². The van der Waals surface area contributed by atoms with E-state index < -0.39 is 34.0 Å². The van der Waals surface area contributed by atoms with Crippen molar-refractivity contribution in [2.45, 2.75) is 38.3 Å². The number of carbonyl (C=O) groups is 2. The molecule has 0 spiro atoms. The van der Waals surface area contributed by atoms with Gasteiger partial charge in [-0.3, -0.25) is 0 Å². The van der Waals surface area contributed by atoms with Crippen LogP contribution >= 0.6 is 0 Å². The number of carboxylic acids is 1. The van der Waals surface area contributed by atoms with Gasteiger partial charge in [0.15, 0.2) is 0 Å². The van der Waals surface area contributed by atoms with E-state index in [-0.39, 0.29) is 11.4 Å². The summed E-state index contributed by atoms with van der Waals surface area (Å²) in [7, 11) is -4.13. The zero-order chi connectivity index (χ0) is 20.9. The number of carboxylic acid groups (broad SMARTS) is 1. The first-order valence-electron chi connectivity index (χ1n) is 8.78. The summed E-state index contributed by atoms with van der Waals surface area (Å²) >= 11 is 0. The molecule has 7 nitrogen and oxygen atoms in total. The molecule has 2 amide bonds. The zero-order valence-electron chi connectivity index (χ0n) is 16.0. The van der Waals surface area contributed by atoms with Crippen LogP contribution in [0.1, 0.15) is 25.0 Å². The zero-order valence-corrected chi connectivity index (χ0v) is 16.8. The molecular weight excluding hydrogens is 380 g/mol. The van der Waals surface area contributed by atoms with E-state index in [4.69, 9.17) is 0 Å². The van der Waals surface area contributed by atoms with Gasteiger partial charge in [0, 0.05) is 6.54 Å². The van der Waals surface area contributed by atoms with Crippen LogP contribution in [-0.2, 0) is 21.4 Å². The van der Waals surface area contributed by atoms with Crippen molar-refractivity contribution in [2.75, 3.05) is 0 Å². The Bertz CT molecular complexity index is 925. The van der Waals surface area contributed by atoms with Crippen molar-refractivity contribution in [3.05, 3.63) is 65.7 Å². The highest BCUT2D eigenvalue weighted by Gasteiger charge is 2.34. The summed E-state index contributed by atoms with van der Waals surface area (Å²) < 4.78 is 27.1. The molecule has 2 aromatic carbocycles. The summed E-state index contributed by atoms with van der Waals surface area (Å²) in [6, 6.07) is 12.7. The molecule has 0 saturated carbocycles. The lowest BCUT2D eigenvalue weighted by Crippen LogP contribution is -2.52. The lowest BCUT2D eigenvalue weighted by Gasteiger charge is -2.31. The predicted molar refractivity (Wildman–Crippen MR) is 105 cm³/mol. The van der Waals surface area contributed by atoms with Crippen LogP contribution in [0.15, 0.2) is 59.5 Å². The number of amides is 2. The summed E-state index contributed by atoms with van der Waals surface area (Å²) in [5, 5.41) is 9.62. The van der Waals surface area contributed by atoms with Gasteiger partial charge in [-0.05, 0) is 30.5 Å². The number of carbonyl (C=O) groups excluding carboxylic acids is 1. The monoisotopic (exact) mass is 404 g/mol. The minimum absolute atomic E-state index is 0.0365. The molecule has 0 aliphatic heterocycles. The Morgan fingerprint density at radius 1 is 1.04 bits per heavy atom. The summed E-state index contributed by atoms with van der Waals surface area (Å²) in [5.41, 5.74) is 1.57. The maximum Gasteiger partial charge on any atom is 0.332 e. The fourth-order valence-electron chi connectivity index (χ4n) is 2.80. The van der Waals surface area contributed by atoms with Gasteiger partial charge in [-0.2, -0.15) is 0 Å². The number of nitrogens with zero attached hydrogens (tertiary/aromatic N) is 1. The first-order chi connectivity index (χ1) is 13.1. The minimum atomic E-state index is -4.13. The van der Waals surface area contributed by atoms with Crippen molar-refractivity contribution in [1.29, 1.82) is 0 Å². The molecule has 0 heterocycles. The molecular formula is C20H24N2O5S. The van der Waals surface area contributed by atoms with Crippen molar-refractivity contribution >= 4 is 22.0 Å². The highest BCUT2D eigenvalue weighted by Crippen LogP contribution is 2.17. The molecule has 0 aliphatic carbocycles. The van der Waals surface area contributed by atoms with Gasteiger partial charge >= 0.3 is 12.0 Å². The highest BCUT2D eigenvalue weighted by molar-refractivity contribution is 7.90. The minimum Gasteiger partial charge on any atom is -0.480 e. The van der Waals surface area contributed by atoms with E-state index in [9.17, 15) is 23.1 Å². The maximum atomic E-state index is 12.8. The molecule has 0 bridgehead atoms. The molecule has 2 aromatic rings. The normalized spacial score (nSPS) is 12.4. The van der Waals surface area contributed by atoms with E-state index in [0.717, 1.165) is 10.5 Å². The highest BCUT2D eigenvalue weighted by atomic mass is 32.2. The number of hydrogen-bond acceptors (Lipinski definition) is 4. The molecule has 28 heavy (non-hydrogen) atoms. The predicted octanol–water partition coefficient (Wildman–Crippen LogP) is 3.00. The number of urea groups is 1. The molecule has 2 N–H and O–H groups in total. The Kier molecular flexibility index (Phi) is 6.80. The second-order valence-electron chi connectivity index (χ2n) is 6.86. The second kappa shape index (κ2) is 8.88. The number of aryl methyl sites for hydroxylation is 1. The first-order valence-corrected chi connectivity index (χ1v) is 10.3. The van der Waals surface area contributed by atoms with E-state index in [1.54, 1.807) is 56.3 Å². The standard InChI is InChI=1S/C20H24N2O5S/c1-14(2)18(19(23)24)22(13-16-7-5-4-6-8-16)20(25)21-28(26,27)17-11-9-15(3)10-12-17/h4-12,14,18H,13H2,1-3H3,(H,21,25)(H,23,24)/t18-/m0/s1. The summed E-state index contributed by atoms with van der Waals surface area (Å²) in [6.45, 7) is 5.11. The molecule has 0 aromatic heterocycles. The van der Waals surface area contributed by atoms with Gasteiger partial charge in [-0.15, -0.1) is 0 Å². The third kappa shape index (κ3) is 5.32. The first kappa shape index (κ1) is 21.4. The lowest BCUT2D eigenvalue weighted by atomic mass is 10.0. The lowest BCUT2D eigenvalue weighted by molar-refractivity contribution is -0.144. The Morgan fingerprint density at radius 2 is 1.61 bits per heavy atom. The Hall–Kier alpha value is -2.87. The second-order valence-corrected chi connectivity index (χ2v) is 8.55. The van der Waals surface area contributed by atoms with Gasteiger partial charge in [-0.1, -0.05) is 61.9 Å². The van der Waals surface area contributed by atoms with Crippen LogP contribution in [0, 0.1) is 12.8 Å². The van der Waals surface area contributed by atoms with Crippen LogP contribution in [0.25, 0.3) is 0 Å². The number of aliphatic carboxylic acids is 1. The largest absolute Gasteiger partial charge is 0.480 e. The van der Waals surface area contributed by atoms with E-state index >= 15 is 0 Å². The third-order valence-electron chi connectivity index (χ3n) is 4.23. The number of hydrogen-bond donors (Lipinski definition) is 2. The van der Waals surface area contributed by atoms with Crippen molar-refractivity contribution < 1.29 is 23.1 Å². The van der Waals surface area contributed by atoms with Gasteiger partial charge in [0.05, 0.1) is 4.90 Å². The number of nitrogens with one attached hydrogen (secondary N) is 1. The van der Waals surface area contributed by atoms with Gasteiger partial charge in [0.1, 0.15) is 6.04 Å². The van der Waals surface area contributed by atoms with E-state index in [2.05, 4.69) is 0 Å². The van der Waals surface area contributed by atoms with Gasteiger partial charge in [0.25, 0.3) is 10.0 Å². The van der Waals surface area contributed by atoms with Crippen LogP contribution in [0.4, 0.5) is 4.79 Å². The van der Waals surface area contributed by atoms with Crippen LogP contribution in [0.2, 0.25) is 0 Å². The third-order valence-corrected chi connectivity index (χ3v) is 5.57. The Balaban J connectivity index is 2.34. The SMILES string of the molecule is Cc1ccc(S(=O)(=O)NC(=O)N(Cc2ccccc2)[C@H](C(=O)O)C(C)C)cc1. The van der Waals surface area contributed by atoms with E-state index in [1.807, 2.05) is 11.6 Å². The van der Waals surface area contributed by atoms with Gasteiger partial charge < -0.3 is 10.0 Å². The van der Waals surface area contributed by atoms with E-state index in [0.29, 0.717) is 5.56 Å². The van der Waals surface area contributed by atoms with Gasteiger partial charge in [-0.25, -0.2) is 22.7 Å². The molecule has 150 valence electrons. The van der Waals surface area contributed by atoms with Crippen LogP contribution in [-0.4, -0.2) is 36.5 Å². The molecule has 0 saturated heterocycles. The smallest absolute Gasteiger partial charge is 0.332 e.